The molecule has 1 aliphatic carbocycles. The van der Waals surface area contributed by atoms with Gasteiger partial charge in [-0.25, -0.2) is 21.6 Å². The van der Waals surface area contributed by atoms with Crippen LogP contribution in [0.1, 0.15) is 12.8 Å². The average Bonchev–Trinajstić information content (AvgIpc) is 3.17. The van der Waals surface area contributed by atoms with Gasteiger partial charge in [0.25, 0.3) is 0 Å². The summed E-state index contributed by atoms with van der Waals surface area (Å²) in [6.07, 6.45) is 2.79. The van der Waals surface area contributed by atoms with Crippen molar-refractivity contribution in [2.24, 2.45) is 0 Å². The van der Waals surface area contributed by atoms with Crippen molar-refractivity contribution in [1.29, 1.82) is 0 Å². The highest BCUT2D eigenvalue weighted by molar-refractivity contribution is 7.89. The molecule has 0 unspecified atom stereocenters. The average molecular weight is 353 g/mol. The van der Waals surface area contributed by atoms with Gasteiger partial charge in [0.2, 0.25) is 20.0 Å². The molecule has 2 rings (SSSR count). The second-order valence-corrected chi connectivity index (χ2v) is 9.10. The third-order valence-electron chi connectivity index (χ3n) is 3.11. The highest BCUT2D eigenvalue weighted by Crippen LogP contribution is 2.28. The quantitative estimate of drug-likeness (QED) is 0.794. The minimum absolute atomic E-state index is 0.00988. The predicted molar refractivity (Wildman–Crippen MR) is 81.2 cm³/mol. The Balaban J connectivity index is 1.99. The van der Waals surface area contributed by atoms with Gasteiger partial charge in [-0.2, -0.15) is 4.31 Å². The molecule has 0 spiro atoms. The monoisotopic (exact) mass is 352 g/mol. The fourth-order valence-electron chi connectivity index (χ4n) is 1.99. The molecule has 0 atom stereocenters. The van der Waals surface area contributed by atoms with E-state index in [-0.39, 0.29) is 24.0 Å². The Hall–Kier alpha value is -0.670. The molecule has 1 saturated carbocycles. The molecule has 21 heavy (non-hydrogen) atoms. The summed E-state index contributed by atoms with van der Waals surface area (Å²) in [6, 6.07) is 5.92. The molecule has 0 heterocycles. The van der Waals surface area contributed by atoms with E-state index in [1.165, 1.54) is 16.4 Å². The van der Waals surface area contributed by atoms with Crippen LogP contribution in [0.15, 0.2) is 29.2 Å². The molecule has 0 amide bonds. The molecule has 1 aromatic rings. The first-order chi connectivity index (χ1) is 9.70. The lowest BCUT2D eigenvalue weighted by atomic mass is 10.4. The third-order valence-corrected chi connectivity index (χ3v) is 6.14. The Kier molecular flexibility index (Phi) is 4.94. The minimum Gasteiger partial charge on any atom is -0.212 e. The maximum atomic E-state index is 12.1. The van der Waals surface area contributed by atoms with E-state index in [1.807, 2.05) is 0 Å². The summed E-state index contributed by atoms with van der Waals surface area (Å²) in [5.74, 6) is 0. The van der Waals surface area contributed by atoms with Crippen LogP contribution in [0.3, 0.4) is 0 Å². The fraction of sp³-hybridized carbons (Fsp3) is 0.500. The highest BCUT2D eigenvalue weighted by atomic mass is 35.5. The van der Waals surface area contributed by atoms with Gasteiger partial charge < -0.3 is 0 Å². The second-order valence-electron chi connectivity index (χ2n) is 4.96. The molecule has 0 saturated heterocycles. The van der Waals surface area contributed by atoms with Crippen molar-refractivity contribution in [2.45, 2.75) is 23.8 Å². The molecule has 1 N–H and O–H groups in total. The lowest BCUT2D eigenvalue weighted by Gasteiger charge is -2.19. The van der Waals surface area contributed by atoms with Crippen LogP contribution in [0.4, 0.5) is 0 Å². The van der Waals surface area contributed by atoms with Gasteiger partial charge in [0.05, 0.1) is 11.2 Å². The first-order valence-corrected chi connectivity index (χ1v) is 10.1. The normalized spacial score (nSPS) is 16.3. The summed E-state index contributed by atoms with van der Waals surface area (Å²) in [7, 11) is -7.00. The molecular weight excluding hydrogens is 336 g/mol. The Morgan fingerprint density at radius 1 is 1.29 bits per heavy atom. The van der Waals surface area contributed by atoms with E-state index < -0.39 is 20.0 Å². The van der Waals surface area contributed by atoms with Gasteiger partial charge in [-0.05, 0) is 31.0 Å². The Morgan fingerprint density at radius 3 is 2.48 bits per heavy atom. The number of rotatable bonds is 7. The number of benzene rings is 1. The van der Waals surface area contributed by atoms with E-state index in [1.54, 1.807) is 12.1 Å². The van der Waals surface area contributed by atoms with E-state index >= 15 is 0 Å². The number of hydrogen-bond donors (Lipinski definition) is 1. The third kappa shape index (κ3) is 4.65. The van der Waals surface area contributed by atoms with E-state index in [2.05, 4.69) is 4.72 Å². The minimum atomic E-state index is -3.69. The maximum Gasteiger partial charge on any atom is 0.240 e. The summed E-state index contributed by atoms with van der Waals surface area (Å²) in [4.78, 5) is 0.0623. The van der Waals surface area contributed by atoms with Crippen LogP contribution in [0.25, 0.3) is 0 Å². The topological polar surface area (TPSA) is 83.6 Å². The van der Waals surface area contributed by atoms with Gasteiger partial charge in [-0.3, -0.25) is 0 Å². The van der Waals surface area contributed by atoms with Crippen molar-refractivity contribution in [3.63, 3.8) is 0 Å². The summed E-state index contributed by atoms with van der Waals surface area (Å²) in [5, 5.41) is 0.327. The molecular formula is C12H17ClN2O4S2. The Bertz CT molecular complexity index is 715. The molecule has 6 nitrogen and oxygen atoms in total. The lowest BCUT2D eigenvalue weighted by molar-refractivity contribution is 0.410. The standard InChI is InChI=1S/C12H17ClN2O4S2/c1-20(16,17)15(11-5-6-11)8-7-14-21(18,19)12-4-2-3-10(13)9-12/h2-4,9,11,14H,5-8H2,1H3. The molecule has 0 aromatic heterocycles. The summed E-state index contributed by atoms with van der Waals surface area (Å²) < 4.78 is 51.1. The van der Waals surface area contributed by atoms with E-state index in [9.17, 15) is 16.8 Å². The largest absolute Gasteiger partial charge is 0.240 e. The summed E-state index contributed by atoms with van der Waals surface area (Å²) in [5.41, 5.74) is 0. The van der Waals surface area contributed by atoms with Gasteiger partial charge in [0.1, 0.15) is 0 Å². The summed E-state index contributed by atoms with van der Waals surface area (Å²) >= 11 is 5.77. The van der Waals surface area contributed by atoms with Crippen molar-refractivity contribution < 1.29 is 16.8 Å². The van der Waals surface area contributed by atoms with Crippen molar-refractivity contribution in [3.8, 4) is 0 Å². The van der Waals surface area contributed by atoms with Crippen molar-refractivity contribution in [1.82, 2.24) is 9.03 Å². The summed E-state index contributed by atoms with van der Waals surface area (Å²) in [6.45, 7) is 0.154. The first kappa shape index (κ1) is 16.7. The number of nitrogens with one attached hydrogen (secondary N) is 1. The van der Waals surface area contributed by atoms with E-state index in [0.717, 1.165) is 19.1 Å². The molecule has 0 aliphatic heterocycles. The number of halogens is 1. The predicted octanol–water partition coefficient (Wildman–Crippen LogP) is 1.04. The lowest BCUT2D eigenvalue weighted by Crippen LogP contribution is -2.39. The van der Waals surface area contributed by atoms with Crippen molar-refractivity contribution in [3.05, 3.63) is 29.3 Å². The number of nitrogens with zero attached hydrogens (tertiary/aromatic N) is 1. The zero-order valence-electron chi connectivity index (χ0n) is 11.5. The van der Waals surface area contributed by atoms with Crippen LogP contribution in [-0.2, 0) is 20.0 Å². The number of sulfonamides is 2. The fourth-order valence-corrected chi connectivity index (χ4v) is 4.49. The maximum absolute atomic E-state index is 12.1. The van der Waals surface area contributed by atoms with E-state index in [0.29, 0.717) is 5.02 Å². The van der Waals surface area contributed by atoms with Crippen molar-refractivity contribution in [2.75, 3.05) is 19.3 Å². The zero-order chi connectivity index (χ0) is 15.7. The van der Waals surface area contributed by atoms with Gasteiger partial charge in [-0.1, -0.05) is 17.7 Å². The zero-order valence-corrected chi connectivity index (χ0v) is 13.9. The molecule has 118 valence electrons. The van der Waals surface area contributed by atoms with Crippen LogP contribution >= 0.6 is 11.6 Å². The second kappa shape index (κ2) is 6.21. The van der Waals surface area contributed by atoms with Crippen LogP contribution in [0, 0.1) is 0 Å². The Labute approximate surface area is 130 Å². The Morgan fingerprint density at radius 2 is 1.95 bits per heavy atom. The van der Waals surface area contributed by atoms with Gasteiger partial charge in [-0.15, -0.1) is 0 Å². The van der Waals surface area contributed by atoms with Gasteiger partial charge >= 0.3 is 0 Å². The first-order valence-electron chi connectivity index (χ1n) is 6.42. The molecule has 1 aliphatic rings. The van der Waals surface area contributed by atoms with Gasteiger partial charge in [0, 0.05) is 24.2 Å². The molecule has 0 radical (unpaired) electrons. The smallest absolute Gasteiger partial charge is 0.212 e. The highest BCUT2D eigenvalue weighted by Gasteiger charge is 2.34. The van der Waals surface area contributed by atoms with Crippen LogP contribution in [-0.4, -0.2) is 46.5 Å². The number of hydrogen-bond acceptors (Lipinski definition) is 4. The van der Waals surface area contributed by atoms with Gasteiger partial charge in [0.15, 0.2) is 0 Å². The molecule has 0 bridgehead atoms. The van der Waals surface area contributed by atoms with Crippen LogP contribution < -0.4 is 4.72 Å². The van der Waals surface area contributed by atoms with E-state index in [4.69, 9.17) is 11.6 Å². The molecule has 9 heteroatoms. The molecule has 1 aromatic carbocycles. The van der Waals surface area contributed by atoms with Crippen LogP contribution in [0.5, 0.6) is 0 Å². The molecule has 1 fully saturated rings. The SMILES string of the molecule is CS(=O)(=O)N(CCNS(=O)(=O)c1cccc(Cl)c1)C1CC1. The van der Waals surface area contributed by atoms with Crippen LogP contribution in [0.2, 0.25) is 5.02 Å². The van der Waals surface area contributed by atoms with Crippen molar-refractivity contribution >= 4 is 31.6 Å².